The highest BCUT2D eigenvalue weighted by atomic mass is 15.1. The van der Waals surface area contributed by atoms with Crippen LogP contribution in [0.15, 0.2) is 60.2 Å². The molecule has 0 amide bonds. The first-order valence-electron chi connectivity index (χ1n) is 10.3. The van der Waals surface area contributed by atoms with Crippen molar-refractivity contribution in [1.29, 1.82) is 0 Å². The third-order valence-electron chi connectivity index (χ3n) is 6.43. The fourth-order valence-electron chi connectivity index (χ4n) is 5.00. The Bertz CT molecular complexity index is 779. The summed E-state index contributed by atoms with van der Waals surface area (Å²) >= 11 is 0. The third-order valence-corrected chi connectivity index (χ3v) is 6.43. The monoisotopic (exact) mass is 345 g/mol. The van der Waals surface area contributed by atoms with Crippen LogP contribution in [-0.4, -0.2) is 24.5 Å². The average Bonchev–Trinajstić information content (AvgIpc) is 3.01. The molecule has 2 aliphatic rings. The Balaban J connectivity index is 1.71. The molecule has 0 bridgehead atoms. The molecule has 4 rings (SSSR count). The molecule has 2 aromatic carbocycles. The second kappa shape index (κ2) is 7.40. The van der Waals surface area contributed by atoms with Gasteiger partial charge in [0.1, 0.15) is 0 Å². The van der Waals surface area contributed by atoms with E-state index in [1.165, 1.54) is 62.0 Å². The molecule has 1 heterocycles. The normalized spacial score (nSPS) is 23.3. The number of unbranched alkanes of at least 4 members (excludes halogenated alkanes) is 1. The van der Waals surface area contributed by atoms with Crippen molar-refractivity contribution < 1.29 is 0 Å². The summed E-state index contributed by atoms with van der Waals surface area (Å²) in [5.41, 5.74) is 7.95. The zero-order valence-electron chi connectivity index (χ0n) is 16.3. The fourth-order valence-corrected chi connectivity index (χ4v) is 5.00. The lowest BCUT2D eigenvalue weighted by molar-refractivity contribution is 0.252. The summed E-state index contributed by atoms with van der Waals surface area (Å²) in [6, 6.07) is 20.3. The van der Waals surface area contributed by atoms with Gasteiger partial charge in [0.15, 0.2) is 0 Å². The van der Waals surface area contributed by atoms with E-state index in [1.807, 2.05) is 0 Å². The van der Waals surface area contributed by atoms with E-state index in [-0.39, 0.29) is 5.41 Å². The molecule has 1 atom stereocenters. The Morgan fingerprint density at radius 3 is 2.35 bits per heavy atom. The number of hydrogen-bond donors (Lipinski definition) is 0. The summed E-state index contributed by atoms with van der Waals surface area (Å²) in [6.45, 7) is 8.48. The van der Waals surface area contributed by atoms with Gasteiger partial charge in [-0.15, -0.1) is 0 Å². The highest BCUT2D eigenvalue weighted by Gasteiger charge is 2.40. The van der Waals surface area contributed by atoms with Crippen LogP contribution in [0.4, 0.5) is 0 Å². The van der Waals surface area contributed by atoms with E-state index in [2.05, 4.69) is 73.3 Å². The van der Waals surface area contributed by atoms with E-state index in [9.17, 15) is 0 Å². The van der Waals surface area contributed by atoms with Gasteiger partial charge in [0.25, 0.3) is 0 Å². The Hall–Kier alpha value is -1.86. The Morgan fingerprint density at radius 2 is 1.62 bits per heavy atom. The minimum atomic E-state index is 0.117. The minimum absolute atomic E-state index is 0.117. The second-order valence-corrected chi connectivity index (χ2v) is 8.21. The number of fused-ring (bicyclic) bond motifs is 1. The Labute approximate surface area is 158 Å². The van der Waals surface area contributed by atoms with E-state index in [0.29, 0.717) is 0 Å². The molecule has 1 aliphatic carbocycles. The lowest BCUT2D eigenvalue weighted by Gasteiger charge is -2.34. The summed E-state index contributed by atoms with van der Waals surface area (Å²) in [4.78, 5) is 2.66. The van der Waals surface area contributed by atoms with Crippen LogP contribution in [0.25, 0.3) is 5.57 Å². The summed E-state index contributed by atoms with van der Waals surface area (Å²) in [5, 5.41) is 0. The number of nitrogens with zero attached hydrogens (tertiary/aromatic N) is 1. The summed E-state index contributed by atoms with van der Waals surface area (Å²) < 4.78 is 0. The molecule has 136 valence electrons. The van der Waals surface area contributed by atoms with Crippen LogP contribution in [0.3, 0.4) is 0 Å². The van der Waals surface area contributed by atoms with Crippen LogP contribution in [0.2, 0.25) is 0 Å². The molecule has 0 radical (unpaired) electrons. The first-order valence-corrected chi connectivity index (χ1v) is 10.3. The quantitative estimate of drug-likeness (QED) is 0.672. The summed E-state index contributed by atoms with van der Waals surface area (Å²) in [7, 11) is 0. The average molecular weight is 346 g/mol. The van der Waals surface area contributed by atoms with Gasteiger partial charge in [0.2, 0.25) is 0 Å². The van der Waals surface area contributed by atoms with Gasteiger partial charge in [-0.1, -0.05) is 80.4 Å². The molecular weight excluding hydrogens is 314 g/mol. The van der Waals surface area contributed by atoms with E-state index < -0.39 is 0 Å². The Morgan fingerprint density at radius 1 is 0.923 bits per heavy atom. The van der Waals surface area contributed by atoms with Crippen LogP contribution in [0.1, 0.15) is 56.2 Å². The molecule has 1 unspecified atom stereocenters. The smallest absolute Gasteiger partial charge is 0.0220 e. The summed E-state index contributed by atoms with van der Waals surface area (Å²) in [5.74, 6) is 0. The molecule has 1 heteroatoms. The second-order valence-electron chi connectivity index (χ2n) is 8.21. The first-order chi connectivity index (χ1) is 12.7. The van der Waals surface area contributed by atoms with E-state index in [0.717, 1.165) is 6.42 Å². The predicted molar refractivity (Wildman–Crippen MR) is 111 cm³/mol. The molecule has 0 spiro atoms. The first kappa shape index (κ1) is 17.5. The summed E-state index contributed by atoms with van der Waals surface area (Å²) in [6.07, 6.45) is 6.22. The van der Waals surface area contributed by atoms with Crippen molar-refractivity contribution in [2.75, 3.05) is 19.6 Å². The van der Waals surface area contributed by atoms with Crippen molar-refractivity contribution in [3.05, 3.63) is 76.9 Å². The van der Waals surface area contributed by atoms with Gasteiger partial charge < -0.3 is 4.90 Å². The maximum atomic E-state index is 2.66. The molecular formula is C25H31N. The van der Waals surface area contributed by atoms with Gasteiger partial charge in [-0.2, -0.15) is 0 Å². The zero-order chi connectivity index (χ0) is 18.0. The van der Waals surface area contributed by atoms with Crippen molar-refractivity contribution in [2.24, 2.45) is 0 Å². The number of allylic oxidation sites excluding steroid dienone is 1. The van der Waals surface area contributed by atoms with E-state index >= 15 is 0 Å². The Kier molecular flexibility index (Phi) is 5.00. The van der Waals surface area contributed by atoms with Gasteiger partial charge in [0, 0.05) is 18.5 Å². The fraction of sp³-hybridized carbons (Fsp3) is 0.440. The van der Waals surface area contributed by atoms with Gasteiger partial charge >= 0.3 is 0 Å². The molecule has 2 aromatic rings. The lowest BCUT2D eigenvalue weighted by Crippen LogP contribution is -2.33. The molecule has 0 saturated carbocycles. The van der Waals surface area contributed by atoms with Gasteiger partial charge in [-0.05, 0) is 54.5 Å². The third kappa shape index (κ3) is 3.14. The maximum Gasteiger partial charge on any atom is 0.0220 e. The van der Waals surface area contributed by atoms with Crippen LogP contribution >= 0.6 is 0 Å². The zero-order valence-corrected chi connectivity index (χ0v) is 16.3. The molecule has 1 saturated heterocycles. The number of likely N-dealkylation sites (tertiary alicyclic amines) is 1. The van der Waals surface area contributed by atoms with Crippen molar-refractivity contribution in [3.8, 4) is 0 Å². The van der Waals surface area contributed by atoms with Gasteiger partial charge in [-0.3, -0.25) is 0 Å². The van der Waals surface area contributed by atoms with Crippen molar-refractivity contribution >= 4 is 5.57 Å². The standard InChI is InChI=1S/C25H31N/c1-3-4-16-26-17-14-20(15-18-26)24-23-13-9-8-10-21(23)19-25(24,2)22-11-6-5-7-12-22/h5-13H,3-4,14-19H2,1-2H3. The highest BCUT2D eigenvalue weighted by Crippen LogP contribution is 2.51. The highest BCUT2D eigenvalue weighted by molar-refractivity contribution is 5.84. The van der Waals surface area contributed by atoms with E-state index in [4.69, 9.17) is 0 Å². The number of hydrogen-bond acceptors (Lipinski definition) is 1. The van der Waals surface area contributed by atoms with Gasteiger partial charge in [-0.25, -0.2) is 0 Å². The van der Waals surface area contributed by atoms with Crippen LogP contribution < -0.4 is 0 Å². The number of benzene rings is 2. The molecule has 0 N–H and O–H groups in total. The topological polar surface area (TPSA) is 3.24 Å². The predicted octanol–water partition coefficient (Wildman–Crippen LogP) is 5.85. The molecule has 1 aliphatic heterocycles. The molecule has 26 heavy (non-hydrogen) atoms. The van der Waals surface area contributed by atoms with Crippen molar-refractivity contribution in [1.82, 2.24) is 4.90 Å². The molecule has 0 aromatic heterocycles. The van der Waals surface area contributed by atoms with E-state index in [1.54, 1.807) is 11.1 Å². The van der Waals surface area contributed by atoms with Crippen molar-refractivity contribution in [2.45, 2.75) is 51.4 Å². The molecule has 1 nitrogen and oxygen atoms in total. The maximum absolute atomic E-state index is 2.66. The minimum Gasteiger partial charge on any atom is -0.303 e. The van der Waals surface area contributed by atoms with Crippen molar-refractivity contribution in [3.63, 3.8) is 0 Å². The molecule has 1 fully saturated rings. The lowest BCUT2D eigenvalue weighted by atomic mass is 9.73. The number of piperidine rings is 1. The number of rotatable bonds is 4. The SMILES string of the molecule is CCCCN1CCC(=C2c3ccccc3CC2(C)c2ccccc2)CC1. The van der Waals surface area contributed by atoms with Crippen LogP contribution in [0.5, 0.6) is 0 Å². The van der Waals surface area contributed by atoms with Crippen LogP contribution in [-0.2, 0) is 11.8 Å². The van der Waals surface area contributed by atoms with Gasteiger partial charge in [0.05, 0.1) is 0 Å². The largest absolute Gasteiger partial charge is 0.303 e. The van der Waals surface area contributed by atoms with Crippen LogP contribution in [0, 0.1) is 0 Å².